The van der Waals surface area contributed by atoms with Crippen molar-refractivity contribution in [2.45, 2.75) is 64.3 Å². The van der Waals surface area contributed by atoms with Gasteiger partial charge < -0.3 is 11.1 Å². The quantitative estimate of drug-likeness (QED) is 0.600. The number of hydrogen-bond donors (Lipinski definition) is 2. The van der Waals surface area contributed by atoms with Crippen LogP contribution in [0.15, 0.2) is 29.2 Å². The van der Waals surface area contributed by atoms with Gasteiger partial charge in [0, 0.05) is 31.6 Å². The fourth-order valence-corrected chi connectivity index (χ4v) is 4.74. The highest BCUT2D eigenvalue weighted by Gasteiger charge is 2.25. The number of carbonyl (C=O) groups is 1. The first-order valence-corrected chi connectivity index (χ1v) is 11.1. The SMILES string of the molecule is CCN(CC)S(=O)(=O)c1ccc(CCC(=O)NC(C)(CN)CC(C)C)cc1. The second-order valence-electron chi connectivity index (χ2n) is 7.64. The van der Waals surface area contributed by atoms with Crippen molar-refractivity contribution in [1.29, 1.82) is 0 Å². The molecule has 27 heavy (non-hydrogen) atoms. The highest BCUT2D eigenvalue weighted by atomic mass is 32.2. The van der Waals surface area contributed by atoms with E-state index in [9.17, 15) is 13.2 Å². The number of nitrogens with two attached hydrogens (primary N) is 1. The molecule has 3 N–H and O–H groups in total. The van der Waals surface area contributed by atoms with Crippen molar-refractivity contribution in [1.82, 2.24) is 9.62 Å². The number of nitrogens with zero attached hydrogens (tertiary/aromatic N) is 1. The molecule has 154 valence electrons. The lowest BCUT2D eigenvalue weighted by Crippen LogP contribution is -2.52. The number of hydrogen-bond acceptors (Lipinski definition) is 4. The summed E-state index contributed by atoms with van der Waals surface area (Å²) in [6.07, 6.45) is 1.72. The number of amides is 1. The monoisotopic (exact) mass is 397 g/mol. The zero-order chi connectivity index (χ0) is 20.7. The first-order valence-electron chi connectivity index (χ1n) is 9.68. The van der Waals surface area contributed by atoms with E-state index in [1.807, 2.05) is 20.8 Å². The maximum Gasteiger partial charge on any atom is 0.243 e. The summed E-state index contributed by atoms with van der Waals surface area (Å²) in [7, 11) is -3.45. The van der Waals surface area contributed by atoms with E-state index in [-0.39, 0.29) is 10.8 Å². The van der Waals surface area contributed by atoms with Crippen LogP contribution in [0, 0.1) is 5.92 Å². The average Bonchev–Trinajstić information content (AvgIpc) is 2.60. The average molecular weight is 398 g/mol. The molecular formula is C20H35N3O3S. The van der Waals surface area contributed by atoms with E-state index < -0.39 is 15.6 Å². The van der Waals surface area contributed by atoms with Crippen molar-refractivity contribution in [2.24, 2.45) is 11.7 Å². The molecule has 0 heterocycles. The van der Waals surface area contributed by atoms with Gasteiger partial charge in [-0.3, -0.25) is 4.79 Å². The van der Waals surface area contributed by atoms with E-state index in [1.165, 1.54) is 4.31 Å². The van der Waals surface area contributed by atoms with Gasteiger partial charge in [0.05, 0.1) is 4.90 Å². The van der Waals surface area contributed by atoms with Gasteiger partial charge in [-0.15, -0.1) is 0 Å². The Hall–Kier alpha value is -1.44. The van der Waals surface area contributed by atoms with Gasteiger partial charge in [0.2, 0.25) is 15.9 Å². The molecule has 0 spiro atoms. The zero-order valence-electron chi connectivity index (χ0n) is 17.3. The fraction of sp³-hybridized carbons (Fsp3) is 0.650. The summed E-state index contributed by atoms with van der Waals surface area (Å²) in [4.78, 5) is 12.6. The Kier molecular flexibility index (Phi) is 8.91. The Balaban J connectivity index is 2.70. The summed E-state index contributed by atoms with van der Waals surface area (Å²) in [6, 6.07) is 6.78. The van der Waals surface area contributed by atoms with Gasteiger partial charge in [0.1, 0.15) is 0 Å². The van der Waals surface area contributed by atoms with Gasteiger partial charge in [-0.05, 0) is 43.4 Å². The first-order chi connectivity index (χ1) is 12.6. The standard InChI is InChI=1S/C20H35N3O3S/c1-6-23(7-2)27(25,26)18-11-8-17(9-12-18)10-13-19(24)22-20(5,15-21)14-16(3)4/h8-9,11-12,16H,6-7,10,13-15,21H2,1-5H3,(H,22,24). The second kappa shape index (κ2) is 10.2. The number of nitrogens with one attached hydrogen (secondary N) is 1. The molecule has 0 aliphatic rings. The molecule has 1 unspecified atom stereocenters. The third-order valence-corrected chi connectivity index (χ3v) is 6.72. The van der Waals surface area contributed by atoms with Crippen LogP contribution in [-0.4, -0.2) is 43.8 Å². The fourth-order valence-electron chi connectivity index (χ4n) is 3.28. The molecule has 0 aromatic heterocycles. The predicted octanol–water partition coefficient (Wildman–Crippen LogP) is 2.53. The highest BCUT2D eigenvalue weighted by molar-refractivity contribution is 7.89. The van der Waals surface area contributed by atoms with Crippen LogP contribution in [0.3, 0.4) is 0 Å². The molecule has 0 saturated carbocycles. The van der Waals surface area contributed by atoms with Crippen molar-refractivity contribution < 1.29 is 13.2 Å². The van der Waals surface area contributed by atoms with Gasteiger partial charge in [0.15, 0.2) is 0 Å². The van der Waals surface area contributed by atoms with Crippen LogP contribution >= 0.6 is 0 Å². The van der Waals surface area contributed by atoms with Crippen molar-refractivity contribution in [3.05, 3.63) is 29.8 Å². The lowest BCUT2D eigenvalue weighted by molar-refractivity contribution is -0.122. The van der Waals surface area contributed by atoms with Crippen LogP contribution in [0.4, 0.5) is 0 Å². The van der Waals surface area contributed by atoms with E-state index in [0.29, 0.717) is 38.4 Å². The normalized spacial score (nSPS) is 14.4. The van der Waals surface area contributed by atoms with Crippen LogP contribution in [-0.2, 0) is 21.2 Å². The molecule has 0 saturated heterocycles. The highest BCUT2D eigenvalue weighted by Crippen LogP contribution is 2.18. The van der Waals surface area contributed by atoms with E-state index in [4.69, 9.17) is 5.73 Å². The molecule has 1 rings (SSSR count). The molecule has 1 atom stereocenters. The van der Waals surface area contributed by atoms with Crippen LogP contribution in [0.25, 0.3) is 0 Å². The Morgan fingerprint density at radius 3 is 2.19 bits per heavy atom. The lowest BCUT2D eigenvalue weighted by atomic mass is 9.90. The summed E-state index contributed by atoms with van der Waals surface area (Å²) in [5.74, 6) is 0.405. The van der Waals surface area contributed by atoms with Crippen molar-refractivity contribution in [3.63, 3.8) is 0 Å². The zero-order valence-corrected chi connectivity index (χ0v) is 18.1. The molecule has 0 fully saturated rings. The Morgan fingerprint density at radius 1 is 1.19 bits per heavy atom. The summed E-state index contributed by atoms with van der Waals surface area (Å²) >= 11 is 0. The molecular weight excluding hydrogens is 362 g/mol. The maximum atomic E-state index is 12.5. The Morgan fingerprint density at radius 2 is 1.74 bits per heavy atom. The van der Waals surface area contributed by atoms with Crippen molar-refractivity contribution in [3.8, 4) is 0 Å². The second-order valence-corrected chi connectivity index (χ2v) is 9.58. The van der Waals surface area contributed by atoms with Gasteiger partial charge in [0.25, 0.3) is 0 Å². The number of aryl methyl sites for hydroxylation is 1. The number of rotatable bonds is 11. The van der Waals surface area contributed by atoms with Crippen molar-refractivity contribution in [2.75, 3.05) is 19.6 Å². The van der Waals surface area contributed by atoms with E-state index in [1.54, 1.807) is 24.3 Å². The smallest absolute Gasteiger partial charge is 0.243 e. The molecule has 7 heteroatoms. The number of carbonyl (C=O) groups excluding carboxylic acids is 1. The summed E-state index contributed by atoms with van der Waals surface area (Å²) in [6.45, 7) is 11.1. The minimum Gasteiger partial charge on any atom is -0.350 e. The topological polar surface area (TPSA) is 92.5 Å². The molecule has 0 aliphatic carbocycles. The van der Waals surface area contributed by atoms with Gasteiger partial charge in [-0.25, -0.2) is 8.42 Å². The third-order valence-electron chi connectivity index (χ3n) is 4.66. The van der Waals surface area contributed by atoms with Gasteiger partial charge in [-0.1, -0.05) is 39.8 Å². The molecule has 1 aromatic carbocycles. The van der Waals surface area contributed by atoms with E-state index in [0.717, 1.165) is 12.0 Å². The summed E-state index contributed by atoms with van der Waals surface area (Å²) < 4.78 is 26.4. The third kappa shape index (κ3) is 6.90. The van der Waals surface area contributed by atoms with Crippen LogP contribution in [0.2, 0.25) is 0 Å². The number of sulfonamides is 1. The molecule has 1 aromatic rings. The maximum absolute atomic E-state index is 12.5. The van der Waals surface area contributed by atoms with Crippen molar-refractivity contribution >= 4 is 15.9 Å². The minimum absolute atomic E-state index is 0.0385. The molecule has 1 amide bonds. The van der Waals surface area contributed by atoms with Crippen LogP contribution in [0.1, 0.15) is 53.0 Å². The van der Waals surface area contributed by atoms with Gasteiger partial charge in [-0.2, -0.15) is 4.31 Å². The summed E-state index contributed by atoms with van der Waals surface area (Å²) in [5.41, 5.74) is 6.38. The largest absolute Gasteiger partial charge is 0.350 e. The first kappa shape index (κ1) is 23.6. The molecule has 6 nitrogen and oxygen atoms in total. The Bertz CT molecular complexity index is 698. The number of benzene rings is 1. The van der Waals surface area contributed by atoms with E-state index >= 15 is 0 Å². The predicted molar refractivity (Wildman–Crippen MR) is 110 cm³/mol. The summed E-state index contributed by atoms with van der Waals surface area (Å²) in [5, 5.41) is 3.04. The van der Waals surface area contributed by atoms with E-state index in [2.05, 4.69) is 19.2 Å². The van der Waals surface area contributed by atoms with Crippen LogP contribution < -0.4 is 11.1 Å². The molecule has 0 radical (unpaired) electrons. The Labute approximate surface area is 164 Å². The van der Waals surface area contributed by atoms with Crippen LogP contribution in [0.5, 0.6) is 0 Å². The molecule has 0 aliphatic heterocycles. The minimum atomic E-state index is -3.45. The van der Waals surface area contributed by atoms with Gasteiger partial charge >= 0.3 is 0 Å². The lowest BCUT2D eigenvalue weighted by Gasteiger charge is -2.31. The molecule has 0 bridgehead atoms.